The molecule has 0 aliphatic heterocycles. The summed E-state index contributed by atoms with van der Waals surface area (Å²) in [4.78, 5) is 5.23. The molecule has 1 atom stereocenters. The summed E-state index contributed by atoms with van der Waals surface area (Å²) in [5, 5.41) is 0. The Labute approximate surface area is 252 Å². The molecule has 0 amide bonds. The second-order valence-electron chi connectivity index (χ2n) is 9.14. The minimum Gasteiger partial charge on any atom is -0.261 e. The van der Waals surface area contributed by atoms with Gasteiger partial charge in [0.2, 0.25) is 0 Å². The van der Waals surface area contributed by atoms with Crippen molar-refractivity contribution < 1.29 is 0 Å². The topological polar surface area (TPSA) is 12.9 Å². The van der Waals surface area contributed by atoms with Gasteiger partial charge in [-0.05, 0) is 82.4 Å². The molecule has 40 heavy (non-hydrogen) atoms. The van der Waals surface area contributed by atoms with Gasteiger partial charge in [-0.2, -0.15) is 0 Å². The molecule has 0 saturated heterocycles. The highest BCUT2D eigenvalue weighted by molar-refractivity contribution is 7.84. The fourth-order valence-electron chi connectivity index (χ4n) is 3.27. The smallest absolute Gasteiger partial charge is 0.0475 e. The van der Waals surface area contributed by atoms with Crippen LogP contribution in [0.15, 0.2) is 138 Å². The number of pyridine rings is 1. The van der Waals surface area contributed by atoms with Crippen LogP contribution in [-0.4, -0.2) is 4.98 Å². The van der Waals surface area contributed by atoms with Crippen LogP contribution in [0.2, 0.25) is 0 Å². The summed E-state index contributed by atoms with van der Waals surface area (Å²) in [7, 11) is 0. The Morgan fingerprint density at radius 2 is 1.50 bits per heavy atom. The molecule has 1 nitrogen and oxygen atoms in total. The zero-order chi connectivity index (χ0) is 30.8. The lowest BCUT2D eigenvalue weighted by atomic mass is 9.98. The van der Waals surface area contributed by atoms with Gasteiger partial charge in [-0.3, -0.25) is 4.98 Å². The Morgan fingerprint density at radius 3 is 1.88 bits per heavy atom. The fourth-order valence-corrected chi connectivity index (χ4v) is 3.52. The summed E-state index contributed by atoms with van der Waals surface area (Å²) >= 11 is 4.33. The van der Waals surface area contributed by atoms with Crippen molar-refractivity contribution in [3.8, 4) is 0 Å². The predicted molar refractivity (Wildman–Crippen MR) is 186 cm³/mol. The molecular weight excluding hydrogens is 502 g/mol. The van der Waals surface area contributed by atoms with E-state index in [0.29, 0.717) is 0 Å². The van der Waals surface area contributed by atoms with E-state index in [4.69, 9.17) is 0 Å². The molecule has 0 spiro atoms. The van der Waals surface area contributed by atoms with Crippen LogP contribution in [0, 0.1) is 13.8 Å². The van der Waals surface area contributed by atoms with Crippen molar-refractivity contribution in [1.29, 1.82) is 0 Å². The maximum atomic E-state index is 4.33. The average Bonchev–Trinajstić information content (AvgIpc) is 2.97. The number of hydrogen-bond acceptors (Lipinski definition) is 2. The van der Waals surface area contributed by atoms with Gasteiger partial charge < -0.3 is 0 Å². The number of benzene rings is 1. The third-order valence-electron chi connectivity index (χ3n) is 5.71. The molecule has 2 heteroatoms. The molecule has 0 N–H and O–H groups in total. The molecule has 2 rings (SSSR count). The van der Waals surface area contributed by atoms with E-state index in [1.807, 2.05) is 69.5 Å². The highest BCUT2D eigenvalue weighted by Crippen LogP contribution is 2.24. The third kappa shape index (κ3) is 19.7. The molecule has 0 radical (unpaired) electrons. The summed E-state index contributed by atoms with van der Waals surface area (Å²) in [6.45, 7) is 27.8. The van der Waals surface area contributed by atoms with Crippen LogP contribution < -0.4 is 0 Å². The van der Waals surface area contributed by atoms with Crippen LogP contribution in [0.1, 0.15) is 83.5 Å². The van der Waals surface area contributed by atoms with Crippen LogP contribution in [0.25, 0.3) is 0 Å². The molecule has 1 unspecified atom stereocenters. The molecule has 0 saturated carbocycles. The van der Waals surface area contributed by atoms with Crippen LogP contribution in [0.5, 0.6) is 0 Å². The van der Waals surface area contributed by atoms with Gasteiger partial charge in [-0.25, -0.2) is 0 Å². The quantitative estimate of drug-likeness (QED) is 0.184. The average molecular weight is 556 g/mol. The summed E-state index contributed by atoms with van der Waals surface area (Å²) in [5.41, 5.74) is 10.0. The number of aryl methyl sites for hydroxylation is 2. The summed E-state index contributed by atoms with van der Waals surface area (Å²) in [6.07, 6.45) is 19.1. The third-order valence-corrected chi connectivity index (χ3v) is 5.98. The van der Waals surface area contributed by atoms with E-state index in [2.05, 4.69) is 114 Å². The number of hydrogen-bond donors (Lipinski definition) is 1. The molecule has 216 valence electrons. The lowest BCUT2D eigenvalue weighted by molar-refractivity contribution is 0.874. The van der Waals surface area contributed by atoms with Gasteiger partial charge in [-0.15, -0.1) is 18.4 Å². The van der Waals surface area contributed by atoms with Crippen molar-refractivity contribution in [2.75, 3.05) is 0 Å². The van der Waals surface area contributed by atoms with Gasteiger partial charge in [0.15, 0.2) is 0 Å². The molecular formula is C38H53NS. The maximum Gasteiger partial charge on any atom is 0.0475 e. The van der Waals surface area contributed by atoms with Crippen molar-refractivity contribution in [2.24, 2.45) is 0 Å². The van der Waals surface area contributed by atoms with Crippen molar-refractivity contribution >= 4 is 12.6 Å². The van der Waals surface area contributed by atoms with Crippen LogP contribution >= 0.6 is 12.6 Å². The van der Waals surface area contributed by atoms with Gasteiger partial charge in [-0.1, -0.05) is 125 Å². The molecule has 2 aromatic rings. The fraction of sp³-hybridized carbons (Fsp3) is 0.316. The van der Waals surface area contributed by atoms with Crippen molar-refractivity contribution in [3.05, 3.63) is 155 Å². The minimum absolute atomic E-state index is 0.271. The summed E-state index contributed by atoms with van der Waals surface area (Å²) in [6, 6.07) is 14.4. The van der Waals surface area contributed by atoms with Crippen LogP contribution in [-0.2, 0) is 0 Å². The van der Waals surface area contributed by atoms with E-state index in [-0.39, 0.29) is 5.92 Å². The number of thiol groups is 1. The van der Waals surface area contributed by atoms with E-state index in [1.54, 1.807) is 6.08 Å². The van der Waals surface area contributed by atoms with Crippen molar-refractivity contribution in [1.82, 2.24) is 4.98 Å². The predicted octanol–water partition coefficient (Wildman–Crippen LogP) is 12.0. The van der Waals surface area contributed by atoms with Gasteiger partial charge in [0.05, 0.1) is 0 Å². The Bertz CT molecular complexity index is 1100. The van der Waals surface area contributed by atoms with Crippen LogP contribution in [0.4, 0.5) is 0 Å². The molecule has 0 bridgehead atoms. The Morgan fingerprint density at radius 1 is 0.925 bits per heavy atom. The molecule has 1 aromatic heterocycles. The lowest BCUT2D eigenvalue weighted by Crippen LogP contribution is -1.97. The molecule has 1 aromatic carbocycles. The SMILES string of the molecule is C=C(/C=C\C=C/C)C(C)c1ccccn1.C=C(S)/C(CCC)=C(\C=C/C)CC.C=C=CC.Cc1ccc(C)cc1. The number of allylic oxidation sites excluding steroid dienone is 10. The van der Waals surface area contributed by atoms with Crippen LogP contribution in [0.3, 0.4) is 0 Å². The largest absolute Gasteiger partial charge is 0.261 e. The highest BCUT2D eigenvalue weighted by Gasteiger charge is 2.07. The molecule has 0 fully saturated rings. The first-order chi connectivity index (χ1) is 19.1. The van der Waals surface area contributed by atoms with E-state index in [0.717, 1.165) is 35.4 Å². The first-order valence-corrected chi connectivity index (χ1v) is 14.5. The summed E-state index contributed by atoms with van der Waals surface area (Å²) < 4.78 is 0. The van der Waals surface area contributed by atoms with Gasteiger partial charge in [0.1, 0.15) is 0 Å². The number of rotatable bonds is 9. The first-order valence-electron chi connectivity index (χ1n) is 14.1. The van der Waals surface area contributed by atoms with Gasteiger partial charge in [0.25, 0.3) is 0 Å². The standard InChI is InChI=1S/C14H17N.C12H20S.C8H10.C4H6/c1-4-5-6-9-12(2)13(3)14-10-7-8-11-15-14;1-5-8-11(7-3)12(9-6-2)10(4)13;1-7-3-5-8(2)6-4-7;1-3-4-2/h4-11,13H,2H2,1,3H3;5,8,13H,4,6-7,9H2,1-3H3;3-6H,1-2H3;4H,1H2,2H3/b5-4-,9-6-;8-5-,12-11-;;. The Kier molecular flexibility index (Phi) is 25.2. The first kappa shape index (κ1) is 38.8. The highest BCUT2D eigenvalue weighted by atomic mass is 32.1. The van der Waals surface area contributed by atoms with Crippen molar-refractivity contribution in [3.63, 3.8) is 0 Å². The number of aromatic nitrogens is 1. The number of nitrogens with zero attached hydrogens (tertiary/aromatic N) is 1. The second kappa shape index (κ2) is 25.9. The minimum atomic E-state index is 0.271. The van der Waals surface area contributed by atoms with E-state index in [9.17, 15) is 0 Å². The van der Waals surface area contributed by atoms with Crippen molar-refractivity contribution in [2.45, 2.75) is 80.6 Å². The Balaban J connectivity index is 0. The zero-order valence-electron chi connectivity index (χ0n) is 26.4. The van der Waals surface area contributed by atoms with E-state index in [1.165, 1.54) is 22.3 Å². The second-order valence-corrected chi connectivity index (χ2v) is 9.68. The molecule has 1 heterocycles. The maximum absolute atomic E-state index is 4.33. The normalized spacial score (nSPS) is 11.6. The Hall–Kier alpha value is -3.32. The van der Waals surface area contributed by atoms with Gasteiger partial charge >= 0.3 is 0 Å². The monoisotopic (exact) mass is 555 g/mol. The summed E-state index contributed by atoms with van der Waals surface area (Å²) in [5.74, 6) is 0.271. The van der Waals surface area contributed by atoms with Gasteiger partial charge in [0, 0.05) is 22.7 Å². The lowest BCUT2D eigenvalue weighted by Gasteiger charge is -2.10. The zero-order valence-corrected chi connectivity index (χ0v) is 27.3. The van der Waals surface area contributed by atoms with E-state index < -0.39 is 0 Å². The molecule has 0 aliphatic carbocycles. The van der Waals surface area contributed by atoms with E-state index >= 15 is 0 Å². The molecule has 0 aliphatic rings.